The van der Waals surface area contributed by atoms with Gasteiger partial charge in [0.05, 0.1) is 45.2 Å². The summed E-state index contributed by atoms with van der Waals surface area (Å²) in [6, 6.07) is 11.7. The van der Waals surface area contributed by atoms with E-state index < -0.39 is 6.23 Å². The van der Waals surface area contributed by atoms with E-state index in [1.54, 1.807) is 12.4 Å². The molecule has 6 heterocycles. The lowest BCUT2D eigenvalue weighted by Gasteiger charge is -2.47. The van der Waals surface area contributed by atoms with Crippen LogP contribution < -0.4 is 21.3 Å². The molecule has 4 fully saturated rings. The van der Waals surface area contributed by atoms with Crippen molar-refractivity contribution in [1.82, 2.24) is 40.4 Å². The predicted octanol–water partition coefficient (Wildman–Crippen LogP) is 4.09. The van der Waals surface area contributed by atoms with Gasteiger partial charge in [0, 0.05) is 106 Å². The zero-order chi connectivity index (χ0) is 34.6. The maximum atomic E-state index is 11.7. The first-order chi connectivity index (χ1) is 24.2. The molecule has 50 heavy (non-hydrogen) atoms. The molecule has 2 aromatic heterocycles. The van der Waals surface area contributed by atoms with E-state index in [1.165, 1.54) is 0 Å². The maximum absolute atomic E-state index is 11.7. The molecule has 2 aromatic carbocycles. The second-order valence-corrected chi connectivity index (χ2v) is 15.0. The minimum Gasteiger partial charge on any atom is -0.379 e. The van der Waals surface area contributed by atoms with Crippen LogP contribution in [0, 0.1) is 10.8 Å². The van der Waals surface area contributed by atoms with Gasteiger partial charge < -0.3 is 21.1 Å². The number of nitrogens with one attached hydrogen (secondary N) is 4. The molecule has 5 N–H and O–H groups in total. The van der Waals surface area contributed by atoms with Gasteiger partial charge in [-0.3, -0.25) is 29.9 Å². The summed E-state index contributed by atoms with van der Waals surface area (Å²) < 4.78 is 0. The van der Waals surface area contributed by atoms with E-state index in [9.17, 15) is 9.90 Å². The lowest BCUT2D eigenvalue weighted by atomic mass is 9.79. The fourth-order valence-electron chi connectivity index (χ4n) is 8.15. The lowest BCUT2D eigenvalue weighted by molar-refractivity contribution is -0.120. The number of carbonyl (C=O) groups is 1. The first kappa shape index (κ1) is 33.2. The Morgan fingerprint density at radius 1 is 0.800 bits per heavy atom. The Morgan fingerprint density at radius 2 is 1.30 bits per heavy atom. The number of anilines is 2. The average Bonchev–Trinajstić information content (AvgIpc) is 3.68. The van der Waals surface area contributed by atoms with Gasteiger partial charge in [0.15, 0.2) is 0 Å². The predicted molar refractivity (Wildman–Crippen MR) is 195 cm³/mol. The average molecular weight is 716 g/mol. The van der Waals surface area contributed by atoms with E-state index in [1.807, 2.05) is 50.5 Å². The molecule has 4 saturated heterocycles. The van der Waals surface area contributed by atoms with Gasteiger partial charge >= 0.3 is 0 Å². The number of nitrogens with zero attached hydrogens (tertiary/aromatic N) is 6. The van der Waals surface area contributed by atoms with E-state index in [0.29, 0.717) is 52.6 Å². The van der Waals surface area contributed by atoms with Crippen molar-refractivity contribution in [3.05, 3.63) is 70.2 Å². The second-order valence-electron chi connectivity index (χ2n) is 14.3. The molecule has 0 radical (unpaired) electrons. The molecule has 2 spiro atoms. The fourth-order valence-corrected chi connectivity index (χ4v) is 8.80. The summed E-state index contributed by atoms with van der Waals surface area (Å²) in [5.74, 6) is 1.53. The molecule has 4 aromatic rings. The van der Waals surface area contributed by atoms with Crippen molar-refractivity contribution >= 4 is 40.7 Å². The topological polar surface area (TPSA) is 143 Å². The largest absolute Gasteiger partial charge is 0.379 e. The minimum atomic E-state index is -0.410. The van der Waals surface area contributed by atoms with Crippen LogP contribution in [0.5, 0.6) is 0 Å². The highest BCUT2D eigenvalue weighted by Gasteiger charge is 2.49. The molecular formula is C36H40Cl2N10O2. The Kier molecular flexibility index (Phi) is 8.65. The summed E-state index contributed by atoms with van der Waals surface area (Å²) in [5, 5.41) is 23.5. The number of rotatable bonds is 9. The molecule has 0 aliphatic carbocycles. The van der Waals surface area contributed by atoms with Crippen molar-refractivity contribution in [2.75, 3.05) is 64.0 Å². The van der Waals surface area contributed by atoms with Gasteiger partial charge in [0.1, 0.15) is 17.9 Å². The van der Waals surface area contributed by atoms with E-state index >= 15 is 0 Å². The van der Waals surface area contributed by atoms with Gasteiger partial charge in [-0.05, 0) is 6.42 Å². The highest BCUT2D eigenvalue weighted by atomic mass is 35.5. The molecule has 8 rings (SSSR count). The Bertz CT molecular complexity index is 1960. The van der Waals surface area contributed by atoms with Crippen LogP contribution >= 0.6 is 23.2 Å². The van der Waals surface area contributed by atoms with Crippen LogP contribution in [0.1, 0.15) is 24.2 Å². The Labute approximate surface area is 301 Å². The molecule has 4 aliphatic heterocycles. The van der Waals surface area contributed by atoms with E-state index in [4.69, 9.17) is 43.1 Å². The maximum Gasteiger partial charge on any atom is 0.220 e. The van der Waals surface area contributed by atoms with Crippen molar-refractivity contribution in [3.63, 3.8) is 0 Å². The van der Waals surface area contributed by atoms with Gasteiger partial charge in [-0.15, -0.1) is 0 Å². The van der Waals surface area contributed by atoms with Crippen LogP contribution in [-0.2, 0) is 17.9 Å². The Hall–Kier alpha value is -3.91. The van der Waals surface area contributed by atoms with Crippen LogP contribution in [0.4, 0.5) is 11.6 Å². The number of halogens is 2. The number of aromatic nitrogens is 4. The summed E-state index contributed by atoms with van der Waals surface area (Å²) in [4.78, 5) is 35.8. The summed E-state index contributed by atoms with van der Waals surface area (Å²) in [6.45, 7) is 6.48. The van der Waals surface area contributed by atoms with Crippen LogP contribution in [0.15, 0.2) is 48.8 Å². The van der Waals surface area contributed by atoms with Crippen molar-refractivity contribution in [2.45, 2.75) is 32.2 Å². The first-order valence-electron chi connectivity index (χ1n) is 17.0. The summed E-state index contributed by atoms with van der Waals surface area (Å²) in [7, 11) is 3.69. The number of likely N-dealkylation sites (tertiary alicyclic amines) is 2. The SMILES string of the molecule is CNc1nc(-c2cccc(-c3cccc(-c4cnc(CN5CC6(CNC(O)C6)C5)c(NC)n4)c3Cl)c2Cl)cnc1CN1CC2(CNC(=O)C2)C1. The molecule has 1 amide bonds. The molecule has 0 saturated carbocycles. The third kappa shape index (κ3) is 6.07. The standard InChI is InChI=1S/C36H40Cl2N10O2/c1-39-33-27(13-47-17-35(18-47)9-29(49)43-15-35)41-11-25(45-33)23-7-3-5-21(31(23)37)22-6-4-8-24(32(22)38)26-12-42-28(34(40-2)46-26)14-48-19-36(20-48)10-30(50)44-16-36/h3-8,11-12,29,43,49H,9-10,13-20H2,1-2H3,(H,39,45)(H,40,46)(H,44,50). The number of aliphatic hydroxyl groups is 1. The van der Waals surface area contributed by atoms with E-state index in [-0.39, 0.29) is 16.7 Å². The number of carbonyl (C=O) groups excluding carboxylic acids is 1. The quantitative estimate of drug-likeness (QED) is 0.171. The van der Waals surface area contributed by atoms with Gasteiger partial charge in [0.2, 0.25) is 5.91 Å². The van der Waals surface area contributed by atoms with Crippen LogP contribution in [0.3, 0.4) is 0 Å². The molecular weight excluding hydrogens is 675 g/mol. The smallest absolute Gasteiger partial charge is 0.220 e. The number of hydrogen-bond donors (Lipinski definition) is 5. The van der Waals surface area contributed by atoms with Crippen LogP contribution in [0.25, 0.3) is 33.6 Å². The highest BCUT2D eigenvalue weighted by Crippen LogP contribution is 2.43. The van der Waals surface area contributed by atoms with Crippen LogP contribution in [0.2, 0.25) is 10.0 Å². The second kappa shape index (κ2) is 13.0. The highest BCUT2D eigenvalue weighted by molar-refractivity contribution is 6.39. The molecule has 14 heteroatoms. The van der Waals surface area contributed by atoms with Gasteiger partial charge in [0.25, 0.3) is 0 Å². The molecule has 0 bridgehead atoms. The number of benzene rings is 2. The minimum absolute atomic E-state index is 0.0550. The molecule has 1 unspecified atom stereocenters. The normalized spacial score (nSPS) is 20.9. The third-order valence-electron chi connectivity index (χ3n) is 10.5. The number of amides is 1. The van der Waals surface area contributed by atoms with Gasteiger partial charge in [-0.2, -0.15) is 0 Å². The summed E-state index contributed by atoms with van der Waals surface area (Å²) in [5.41, 5.74) is 6.27. The summed E-state index contributed by atoms with van der Waals surface area (Å²) in [6.07, 6.45) is 4.51. The van der Waals surface area contributed by atoms with E-state index in [0.717, 1.165) is 79.3 Å². The van der Waals surface area contributed by atoms with E-state index in [2.05, 4.69) is 31.1 Å². The van der Waals surface area contributed by atoms with Gasteiger partial charge in [-0.1, -0.05) is 59.6 Å². The Balaban J connectivity index is 1.01. The zero-order valence-electron chi connectivity index (χ0n) is 28.1. The third-order valence-corrected chi connectivity index (χ3v) is 11.3. The Morgan fingerprint density at radius 3 is 1.74 bits per heavy atom. The van der Waals surface area contributed by atoms with Crippen molar-refractivity contribution in [1.29, 1.82) is 0 Å². The molecule has 260 valence electrons. The number of hydrogen-bond acceptors (Lipinski definition) is 11. The van der Waals surface area contributed by atoms with Crippen molar-refractivity contribution in [2.24, 2.45) is 10.8 Å². The molecule has 1 atom stereocenters. The summed E-state index contributed by atoms with van der Waals surface area (Å²) >= 11 is 14.2. The monoisotopic (exact) mass is 714 g/mol. The number of aliphatic hydroxyl groups excluding tert-OH is 1. The first-order valence-corrected chi connectivity index (χ1v) is 17.7. The fraction of sp³-hybridized carbons (Fsp3) is 0.417. The van der Waals surface area contributed by atoms with Crippen LogP contribution in [-0.4, -0.2) is 100 Å². The van der Waals surface area contributed by atoms with Crippen molar-refractivity contribution < 1.29 is 9.90 Å². The van der Waals surface area contributed by atoms with Gasteiger partial charge in [-0.25, -0.2) is 9.97 Å². The van der Waals surface area contributed by atoms with Crippen molar-refractivity contribution in [3.8, 4) is 33.6 Å². The zero-order valence-corrected chi connectivity index (χ0v) is 29.6. The lowest BCUT2D eigenvalue weighted by Crippen LogP contribution is -2.56. The molecule has 4 aliphatic rings. The molecule has 12 nitrogen and oxygen atoms in total.